The average Bonchev–Trinajstić information content (AvgIpc) is 2.37. The van der Waals surface area contributed by atoms with Crippen LogP contribution >= 0.6 is 0 Å². The molecule has 1 aromatic carbocycles. The summed E-state index contributed by atoms with van der Waals surface area (Å²) in [5.41, 5.74) is 0.492. The lowest BCUT2D eigenvalue weighted by atomic mass is 10.0. The number of phenols is 2. The minimum atomic E-state index is -1.16. The van der Waals surface area contributed by atoms with Gasteiger partial charge in [-0.05, 0) is 23.8 Å². The molecule has 0 saturated carbocycles. The van der Waals surface area contributed by atoms with Crippen molar-refractivity contribution in [3.8, 4) is 11.5 Å². The summed E-state index contributed by atoms with van der Waals surface area (Å²) in [5.74, 6) is -2.29. The largest absolute Gasteiger partial charge is 0.504 e. The van der Waals surface area contributed by atoms with Crippen LogP contribution in [0.15, 0.2) is 30.9 Å². The van der Waals surface area contributed by atoms with E-state index in [1.807, 2.05) is 0 Å². The van der Waals surface area contributed by atoms with Gasteiger partial charge in [0.1, 0.15) is 6.04 Å². The first-order chi connectivity index (χ1) is 8.86. The fourth-order valence-corrected chi connectivity index (χ4v) is 1.61. The van der Waals surface area contributed by atoms with Crippen LogP contribution in [0.1, 0.15) is 5.56 Å². The minimum Gasteiger partial charge on any atom is -0.504 e. The Kier molecular flexibility index (Phi) is 4.52. The van der Waals surface area contributed by atoms with E-state index in [1.165, 1.54) is 25.2 Å². The van der Waals surface area contributed by atoms with Crippen molar-refractivity contribution in [2.75, 3.05) is 7.05 Å². The molecule has 6 heteroatoms. The SMILES string of the molecule is C=CC(=O)N(C)[C@@H](Cc1ccc(O)c(O)c1)C(=O)O. The lowest BCUT2D eigenvalue weighted by molar-refractivity contribution is -0.147. The van der Waals surface area contributed by atoms with Crippen molar-refractivity contribution < 1.29 is 24.9 Å². The number of benzene rings is 1. The Labute approximate surface area is 110 Å². The maximum absolute atomic E-state index is 11.4. The molecule has 0 radical (unpaired) electrons. The van der Waals surface area contributed by atoms with Crippen molar-refractivity contribution in [3.63, 3.8) is 0 Å². The quantitative estimate of drug-likeness (QED) is 0.538. The van der Waals surface area contributed by atoms with Crippen molar-refractivity contribution in [1.29, 1.82) is 0 Å². The van der Waals surface area contributed by atoms with Gasteiger partial charge in [-0.25, -0.2) is 4.79 Å². The van der Waals surface area contributed by atoms with Gasteiger partial charge < -0.3 is 20.2 Å². The molecule has 0 fully saturated rings. The molecule has 0 heterocycles. The summed E-state index contributed by atoms with van der Waals surface area (Å²) >= 11 is 0. The zero-order chi connectivity index (χ0) is 14.6. The van der Waals surface area contributed by atoms with Gasteiger partial charge in [-0.3, -0.25) is 4.79 Å². The lowest BCUT2D eigenvalue weighted by Gasteiger charge is -2.23. The molecule has 0 aliphatic rings. The molecule has 0 aliphatic heterocycles. The van der Waals surface area contributed by atoms with E-state index in [0.717, 1.165) is 11.0 Å². The van der Waals surface area contributed by atoms with E-state index in [0.29, 0.717) is 5.56 Å². The standard InChI is InChI=1S/C13H15NO5/c1-3-12(17)14(2)9(13(18)19)6-8-4-5-10(15)11(16)7-8/h3-5,7,9,15-16H,1,6H2,2H3,(H,18,19)/t9-/m0/s1. The van der Waals surface area contributed by atoms with E-state index in [4.69, 9.17) is 5.11 Å². The number of nitrogens with zero attached hydrogens (tertiary/aromatic N) is 1. The summed E-state index contributed by atoms with van der Waals surface area (Å²) in [6.07, 6.45) is 1.05. The molecular weight excluding hydrogens is 250 g/mol. The number of carbonyl (C=O) groups excluding carboxylic acids is 1. The minimum absolute atomic E-state index is 0.0131. The van der Waals surface area contributed by atoms with Crippen LogP contribution in [0, 0.1) is 0 Å². The Morgan fingerprint density at radius 2 is 2.00 bits per heavy atom. The molecule has 1 aromatic rings. The Hall–Kier alpha value is -2.50. The molecule has 0 spiro atoms. The van der Waals surface area contributed by atoms with Crippen LogP contribution in [0.3, 0.4) is 0 Å². The zero-order valence-corrected chi connectivity index (χ0v) is 10.4. The number of phenolic OH excluding ortho intramolecular Hbond substituents is 2. The zero-order valence-electron chi connectivity index (χ0n) is 10.4. The highest BCUT2D eigenvalue weighted by Crippen LogP contribution is 2.25. The molecule has 0 saturated heterocycles. The molecule has 1 amide bonds. The first kappa shape index (κ1) is 14.6. The Morgan fingerprint density at radius 3 is 2.47 bits per heavy atom. The normalized spacial score (nSPS) is 11.6. The molecule has 1 rings (SSSR count). The molecule has 102 valence electrons. The Morgan fingerprint density at radius 1 is 1.37 bits per heavy atom. The number of rotatable bonds is 5. The second kappa shape index (κ2) is 5.90. The maximum atomic E-state index is 11.4. The van der Waals surface area contributed by atoms with E-state index in [9.17, 15) is 19.8 Å². The Bertz CT molecular complexity index is 512. The van der Waals surface area contributed by atoms with Crippen molar-refractivity contribution in [2.45, 2.75) is 12.5 Å². The number of amides is 1. The van der Waals surface area contributed by atoms with Gasteiger partial charge in [0, 0.05) is 13.5 Å². The highest BCUT2D eigenvalue weighted by molar-refractivity contribution is 5.90. The van der Waals surface area contributed by atoms with Crippen molar-refractivity contribution >= 4 is 11.9 Å². The number of hydrogen-bond donors (Lipinski definition) is 3. The Balaban J connectivity index is 2.95. The van der Waals surface area contributed by atoms with E-state index in [2.05, 4.69) is 6.58 Å². The van der Waals surface area contributed by atoms with Crippen LogP contribution in [-0.4, -0.2) is 45.2 Å². The predicted molar refractivity (Wildman–Crippen MR) is 67.9 cm³/mol. The molecule has 3 N–H and O–H groups in total. The summed E-state index contributed by atoms with van der Waals surface area (Å²) in [5, 5.41) is 27.7. The van der Waals surface area contributed by atoms with E-state index < -0.39 is 17.9 Å². The van der Waals surface area contributed by atoms with E-state index >= 15 is 0 Å². The van der Waals surface area contributed by atoms with Gasteiger partial charge in [0.05, 0.1) is 0 Å². The van der Waals surface area contributed by atoms with Gasteiger partial charge in [-0.1, -0.05) is 12.6 Å². The van der Waals surface area contributed by atoms with Crippen molar-refractivity contribution in [2.24, 2.45) is 0 Å². The number of aliphatic carboxylic acids is 1. The van der Waals surface area contributed by atoms with Gasteiger partial charge in [-0.2, -0.15) is 0 Å². The summed E-state index contributed by atoms with van der Waals surface area (Å²) in [6, 6.07) is 2.93. The third kappa shape index (κ3) is 3.48. The molecule has 0 unspecified atom stereocenters. The van der Waals surface area contributed by atoms with Crippen molar-refractivity contribution in [1.82, 2.24) is 4.90 Å². The molecule has 6 nitrogen and oxygen atoms in total. The number of carboxylic acids is 1. The van der Waals surface area contributed by atoms with Crippen LogP contribution in [0.5, 0.6) is 11.5 Å². The van der Waals surface area contributed by atoms with E-state index in [-0.39, 0.29) is 17.9 Å². The first-order valence-corrected chi connectivity index (χ1v) is 5.49. The molecule has 19 heavy (non-hydrogen) atoms. The maximum Gasteiger partial charge on any atom is 0.326 e. The summed E-state index contributed by atoms with van der Waals surface area (Å²) in [6.45, 7) is 3.30. The molecular formula is C13H15NO5. The fourth-order valence-electron chi connectivity index (χ4n) is 1.61. The van der Waals surface area contributed by atoms with Crippen molar-refractivity contribution in [3.05, 3.63) is 36.4 Å². The van der Waals surface area contributed by atoms with Crippen LogP contribution in [0.4, 0.5) is 0 Å². The molecule has 0 bridgehead atoms. The van der Waals surface area contributed by atoms with Gasteiger partial charge in [0.15, 0.2) is 11.5 Å². The smallest absolute Gasteiger partial charge is 0.326 e. The predicted octanol–water partition coefficient (Wildman–Crippen LogP) is 0.738. The van der Waals surface area contributed by atoms with Crippen LogP contribution in [0.25, 0.3) is 0 Å². The molecule has 0 aliphatic carbocycles. The molecule has 0 aromatic heterocycles. The highest BCUT2D eigenvalue weighted by atomic mass is 16.4. The molecule has 1 atom stereocenters. The number of likely N-dealkylation sites (N-methyl/N-ethyl adjacent to an activating group) is 1. The van der Waals surface area contributed by atoms with Gasteiger partial charge in [0.25, 0.3) is 0 Å². The topological polar surface area (TPSA) is 98.1 Å². The van der Waals surface area contributed by atoms with Crippen LogP contribution < -0.4 is 0 Å². The second-order valence-corrected chi connectivity index (χ2v) is 4.03. The summed E-state index contributed by atoms with van der Waals surface area (Å²) in [7, 11) is 1.36. The third-order valence-electron chi connectivity index (χ3n) is 2.74. The first-order valence-electron chi connectivity index (χ1n) is 5.49. The van der Waals surface area contributed by atoms with Gasteiger partial charge in [-0.15, -0.1) is 0 Å². The summed E-state index contributed by atoms with van der Waals surface area (Å²) in [4.78, 5) is 23.7. The average molecular weight is 265 g/mol. The lowest BCUT2D eigenvalue weighted by Crippen LogP contribution is -2.43. The third-order valence-corrected chi connectivity index (χ3v) is 2.74. The monoisotopic (exact) mass is 265 g/mol. The number of carboxylic acid groups (broad SMARTS) is 1. The van der Waals surface area contributed by atoms with Gasteiger partial charge in [0.2, 0.25) is 5.91 Å². The number of aromatic hydroxyl groups is 2. The number of carbonyl (C=O) groups is 2. The fraction of sp³-hybridized carbons (Fsp3) is 0.231. The van der Waals surface area contributed by atoms with Crippen LogP contribution in [0.2, 0.25) is 0 Å². The number of hydrogen-bond acceptors (Lipinski definition) is 4. The van der Waals surface area contributed by atoms with E-state index in [1.54, 1.807) is 0 Å². The highest BCUT2D eigenvalue weighted by Gasteiger charge is 2.25. The second-order valence-electron chi connectivity index (χ2n) is 4.03. The van der Waals surface area contributed by atoms with Crippen LogP contribution in [-0.2, 0) is 16.0 Å². The summed E-state index contributed by atoms with van der Waals surface area (Å²) < 4.78 is 0. The van der Waals surface area contributed by atoms with Gasteiger partial charge >= 0.3 is 5.97 Å².